The normalized spacial score (nSPS) is 17.7. The number of aromatic amines is 1. The third-order valence-corrected chi connectivity index (χ3v) is 5.86. The van der Waals surface area contributed by atoms with Gasteiger partial charge in [0.25, 0.3) is 11.5 Å². The van der Waals surface area contributed by atoms with E-state index in [2.05, 4.69) is 20.7 Å². The number of benzene rings is 1. The van der Waals surface area contributed by atoms with E-state index in [9.17, 15) is 33.9 Å². The lowest BCUT2D eigenvalue weighted by Gasteiger charge is -2.25. The van der Waals surface area contributed by atoms with Crippen LogP contribution in [0.5, 0.6) is 0 Å². The molecule has 37 heavy (non-hydrogen) atoms. The van der Waals surface area contributed by atoms with Crippen LogP contribution in [0, 0.1) is 0 Å². The number of unbranched alkanes of at least 4 members (excludes halogenated alkanes) is 1. The first kappa shape index (κ1) is 27.3. The van der Waals surface area contributed by atoms with Crippen LogP contribution < -0.4 is 27.6 Å². The van der Waals surface area contributed by atoms with Crippen LogP contribution in [0.15, 0.2) is 39.9 Å². The van der Waals surface area contributed by atoms with E-state index in [1.807, 2.05) is 0 Å². The number of aliphatic carboxylic acids is 1. The second-order valence-corrected chi connectivity index (χ2v) is 8.65. The molecule has 0 radical (unpaired) electrons. The molecule has 198 valence electrons. The molecule has 3 atom stereocenters. The van der Waals surface area contributed by atoms with Crippen LogP contribution in [0.2, 0.25) is 0 Å². The number of likely N-dealkylation sites (tertiary alicyclic amines) is 1. The minimum Gasteiger partial charge on any atom is -0.480 e. The monoisotopic (exact) mass is 515 g/mol. The summed E-state index contributed by atoms with van der Waals surface area (Å²) < 4.78 is 0.850. The molecule has 14 heteroatoms. The Morgan fingerprint density at radius 1 is 1.19 bits per heavy atom. The Labute approximate surface area is 210 Å². The number of carbonyl (C=O) groups excluding carboxylic acids is 3. The number of carboxylic acid groups (broad SMARTS) is 1. The lowest BCUT2D eigenvalue weighted by molar-refractivity contribution is -0.142. The second kappa shape index (κ2) is 12.1. The van der Waals surface area contributed by atoms with E-state index in [0.29, 0.717) is 25.1 Å². The molecule has 0 spiro atoms. The number of H-pyrrole nitrogens is 1. The highest BCUT2D eigenvalue weighted by Crippen LogP contribution is 2.20. The molecule has 0 saturated carbocycles. The zero-order valence-corrected chi connectivity index (χ0v) is 20.2. The molecule has 3 rings (SSSR count). The summed E-state index contributed by atoms with van der Waals surface area (Å²) in [6, 6.07) is 5.06. The molecule has 14 nitrogen and oxygen atoms in total. The maximum atomic E-state index is 13.4. The molecule has 1 fully saturated rings. The highest BCUT2D eigenvalue weighted by molar-refractivity contribution is 5.97. The molecule has 1 aromatic heterocycles. The van der Waals surface area contributed by atoms with Gasteiger partial charge in [-0.15, -0.1) is 0 Å². The number of aromatic nitrogens is 3. The van der Waals surface area contributed by atoms with E-state index in [0.717, 1.165) is 9.58 Å². The first-order chi connectivity index (χ1) is 17.6. The fourth-order valence-electron chi connectivity index (χ4n) is 4.14. The van der Waals surface area contributed by atoms with Crippen molar-refractivity contribution in [3.63, 3.8) is 0 Å². The van der Waals surface area contributed by atoms with Crippen molar-refractivity contribution < 1.29 is 24.3 Å². The first-order valence-corrected chi connectivity index (χ1v) is 11.7. The van der Waals surface area contributed by atoms with Gasteiger partial charge in [0.15, 0.2) is 0 Å². The minimum atomic E-state index is -1.24. The van der Waals surface area contributed by atoms with Crippen molar-refractivity contribution >= 4 is 23.7 Å². The highest BCUT2D eigenvalue weighted by Gasteiger charge is 2.42. The van der Waals surface area contributed by atoms with E-state index in [1.54, 1.807) is 30.3 Å². The lowest BCUT2D eigenvalue weighted by atomic mass is 10.1. The summed E-state index contributed by atoms with van der Waals surface area (Å²) in [5, 5.41) is 18.5. The number of rotatable bonds is 10. The van der Waals surface area contributed by atoms with Crippen molar-refractivity contribution in [2.45, 2.75) is 50.7 Å². The number of hydrogen-bond donors (Lipinski definition) is 5. The summed E-state index contributed by atoms with van der Waals surface area (Å²) in [4.78, 5) is 77.8. The van der Waals surface area contributed by atoms with Gasteiger partial charge in [-0.25, -0.2) is 9.59 Å². The fraction of sp³-hybridized carbons (Fsp3) is 0.435. The fourth-order valence-corrected chi connectivity index (χ4v) is 4.14. The van der Waals surface area contributed by atoms with Crippen molar-refractivity contribution in [2.24, 2.45) is 5.73 Å². The van der Waals surface area contributed by atoms with Crippen LogP contribution in [0.4, 0.5) is 0 Å². The van der Waals surface area contributed by atoms with Crippen molar-refractivity contribution in [3.8, 4) is 5.69 Å². The third-order valence-electron chi connectivity index (χ3n) is 5.86. The predicted molar refractivity (Wildman–Crippen MR) is 130 cm³/mol. The predicted octanol–water partition coefficient (Wildman–Crippen LogP) is -1.66. The molecule has 3 amide bonds. The molecular formula is C23H29N7O7. The maximum Gasteiger partial charge on any atom is 0.349 e. The van der Waals surface area contributed by atoms with Gasteiger partial charge in [0.2, 0.25) is 17.5 Å². The summed E-state index contributed by atoms with van der Waals surface area (Å²) in [6.45, 7) is 1.52. The van der Waals surface area contributed by atoms with Crippen LogP contribution in [0.1, 0.15) is 43.1 Å². The Kier molecular flexibility index (Phi) is 8.90. The number of hydrogen-bond acceptors (Lipinski definition) is 8. The van der Waals surface area contributed by atoms with Gasteiger partial charge in [0, 0.05) is 19.5 Å². The molecule has 1 saturated heterocycles. The van der Waals surface area contributed by atoms with Crippen LogP contribution in [0.3, 0.4) is 0 Å². The van der Waals surface area contributed by atoms with Crippen LogP contribution >= 0.6 is 0 Å². The largest absolute Gasteiger partial charge is 0.480 e. The molecule has 0 bridgehead atoms. The summed E-state index contributed by atoms with van der Waals surface area (Å²) in [5.74, 6) is -3.34. The zero-order valence-electron chi connectivity index (χ0n) is 20.2. The van der Waals surface area contributed by atoms with Gasteiger partial charge in [0.1, 0.15) is 12.1 Å². The molecule has 1 aliphatic heterocycles. The van der Waals surface area contributed by atoms with Crippen molar-refractivity contribution in [1.82, 2.24) is 30.3 Å². The molecule has 1 aliphatic rings. The molecule has 0 aliphatic carbocycles. The number of carbonyl (C=O) groups is 4. The van der Waals surface area contributed by atoms with E-state index in [1.165, 1.54) is 6.92 Å². The standard InChI is InChI=1S/C23H29N7O7/c1-13(31)25-14-11-17(19(32)26-16(22(35)36)9-5-6-10-24)29(12-14)21(34)18-20(33)27-23(37)30(28-18)15-7-3-2-4-8-15/h2-4,7-8,14,16-17H,5-6,9-12,24H2,1H3,(H,25,31)(H,26,32)(H,35,36)(H,27,33,37)/t14-,16+,17+/m0/s1. The lowest BCUT2D eigenvalue weighted by Crippen LogP contribution is -2.52. The quantitative estimate of drug-likeness (QED) is 0.229. The average Bonchev–Trinajstić information content (AvgIpc) is 3.27. The SMILES string of the molecule is CC(=O)N[C@H]1C[C@H](C(=O)N[C@H](CCCCN)C(=O)O)N(C(=O)c2nn(-c3ccccc3)c(=O)[nH]c2=O)C1. The van der Waals surface area contributed by atoms with Gasteiger partial charge >= 0.3 is 11.7 Å². The smallest absolute Gasteiger partial charge is 0.349 e. The number of nitrogens with one attached hydrogen (secondary N) is 3. The molecule has 2 heterocycles. The number of carboxylic acids is 1. The van der Waals surface area contributed by atoms with E-state index in [-0.39, 0.29) is 19.4 Å². The third kappa shape index (κ3) is 6.67. The van der Waals surface area contributed by atoms with Gasteiger partial charge in [-0.05, 0) is 44.4 Å². The highest BCUT2D eigenvalue weighted by atomic mass is 16.4. The minimum absolute atomic E-state index is 0.0114. The Balaban J connectivity index is 1.92. The summed E-state index contributed by atoms with van der Waals surface area (Å²) in [5.41, 5.74) is 3.21. The van der Waals surface area contributed by atoms with E-state index < -0.39 is 58.8 Å². The second-order valence-electron chi connectivity index (χ2n) is 8.65. The van der Waals surface area contributed by atoms with Crippen molar-refractivity contribution in [3.05, 3.63) is 56.9 Å². The van der Waals surface area contributed by atoms with Gasteiger partial charge in [-0.2, -0.15) is 9.78 Å². The number of nitrogens with two attached hydrogens (primary N) is 1. The van der Waals surface area contributed by atoms with Crippen LogP contribution in [-0.4, -0.2) is 79.7 Å². The molecule has 1 aromatic carbocycles. The number of amides is 3. The topological polar surface area (TPSA) is 210 Å². The first-order valence-electron chi connectivity index (χ1n) is 11.7. The Morgan fingerprint density at radius 2 is 1.89 bits per heavy atom. The van der Waals surface area contributed by atoms with Gasteiger partial charge in [-0.3, -0.25) is 24.2 Å². The van der Waals surface area contributed by atoms with Crippen molar-refractivity contribution in [2.75, 3.05) is 13.1 Å². The zero-order chi connectivity index (χ0) is 27.1. The number of para-hydroxylation sites is 1. The average molecular weight is 516 g/mol. The van der Waals surface area contributed by atoms with Crippen LogP contribution in [-0.2, 0) is 14.4 Å². The summed E-state index contributed by atoms with van der Waals surface area (Å²) >= 11 is 0. The Bertz CT molecular complexity index is 1270. The summed E-state index contributed by atoms with van der Waals surface area (Å²) in [7, 11) is 0. The van der Waals surface area contributed by atoms with Crippen molar-refractivity contribution in [1.29, 1.82) is 0 Å². The maximum absolute atomic E-state index is 13.4. The van der Waals surface area contributed by atoms with E-state index in [4.69, 9.17) is 5.73 Å². The van der Waals surface area contributed by atoms with Gasteiger partial charge in [-0.1, -0.05) is 18.2 Å². The van der Waals surface area contributed by atoms with Gasteiger partial charge < -0.3 is 26.4 Å². The Hall–Kier alpha value is -4.33. The van der Waals surface area contributed by atoms with Crippen LogP contribution in [0.25, 0.3) is 5.69 Å². The molecule has 2 aromatic rings. The van der Waals surface area contributed by atoms with Gasteiger partial charge in [0.05, 0.1) is 5.69 Å². The number of nitrogens with zero attached hydrogens (tertiary/aromatic N) is 3. The Morgan fingerprint density at radius 3 is 2.51 bits per heavy atom. The van der Waals surface area contributed by atoms with E-state index >= 15 is 0 Å². The summed E-state index contributed by atoms with van der Waals surface area (Å²) in [6.07, 6.45) is 1.17. The molecule has 0 unspecified atom stereocenters. The molecular weight excluding hydrogens is 486 g/mol. The molecule has 6 N–H and O–H groups in total.